The Balaban J connectivity index is 1.49. The Morgan fingerprint density at radius 2 is 1.81 bits per heavy atom. The van der Waals surface area contributed by atoms with Crippen molar-refractivity contribution in [2.75, 3.05) is 27.0 Å². The van der Waals surface area contributed by atoms with Crippen LogP contribution in [0.4, 0.5) is 0 Å². The molecule has 1 fully saturated rings. The topological polar surface area (TPSA) is 115 Å². The van der Waals surface area contributed by atoms with Gasteiger partial charge in [-0.1, -0.05) is 32.5 Å². The summed E-state index contributed by atoms with van der Waals surface area (Å²) in [7, 11) is 1.58. The minimum absolute atomic E-state index is 0.0117. The zero-order valence-electron chi connectivity index (χ0n) is 25.7. The zero-order valence-corrected chi connectivity index (χ0v) is 26.5. The van der Waals surface area contributed by atoms with Gasteiger partial charge in [0.25, 0.3) is 0 Å². The molecule has 4 atom stereocenters. The van der Waals surface area contributed by atoms with Gasteiger partial charge in [0.15, 0.2) is 28.3 Å². The fourth-order valence-electron chi connectivity index (χ4n) is 7.01. The molecule has 0 radical (unpaired) electrons. The van der Waals surface area contributed by atoms with Gasteiger partial charge in [-0.2, -0.15) is 0 Å². The number of hydrogen-bond donors (Lipinski definition) is 2. The number of esters is 1. The number of hydrogen-bond acceptors (Lipinski definition) is 10. The van der Waals surface area contributed by atoms with Gasteiger partial charge in [0, 0.05) is 11.3 Å². The van der Waals surface area contributed by atoms with Gasteiger partial charge < -0.3 is 29.2 Å². The van der Waals surface area contributed by atoms with E-state index in [1.165, 1.54) is 0 Å². The lowest BCUT2D eigenvalue weighted by molar-refractivity contribution is -0.175. The fourth-order valence-corrected chi connectivity index (χ4v) is 8.01. The molecule has 1 aliphatic carbocycles. The predicted octanol–water partition coefficient (Wildman–Crippen LogP) is 4.47. The number of methoxy groups -OCH3 is 1. The standard InChI is InChI=1S/C32H45NO8S/c1-29(2,3)42-25(34)18-32(37,12-7-10-30(4,5)36)28(35)41-27-24(38-6)17-31-11-8-13-33(31)14-9-20-15-22-23(40-19-39-22)16-21(20)26(27)31/h15-17,26-27,36-37H,7-14,18-19H2,1-6H3/t26-,27?,31+,32+/m1/s1. The molecular formula is C32H45NO8S. The second-order valence-corrected chi connectivity index (χ2v) is 15.6. The Morgan fingerprint density at radius 3 is 2.48 bits per heavy atom. The average molecular weight is 604 g/mol. The summed E-state index contributed by atoms with van der Waals surface area (Å²) in [6, 6.07) is 4.05. The van der Waals surface area contributed by atoms with Crippen LogP contribution in [0.2, 0.25) is 0 Å². The van der Waals surface area contributed by atoms with Crippen molar-refractivity contribution in [3.05, 3.63) is 35.1 Å². The highest BCUT2D eigenvalue weighted by Gasteiger charge is 2.59. The Morgan fingerprint density at radius 1 is 1.10 bits per heavy atom. The van der Waals surface area contributed by atoms with Crippen LogP contribution >= 0.6 is 11.8 Å². The highest BCUT2D eigenvalue weighted by molar-refractivity contribution is 8.14. The molecule has 1 aromatic carbocycles. The normalized spacial score (nSPS) is 26.4. The lowest BCUT2D eigenvalue weighted by Gasteiger charge is -2.39. The summed E-state index contributed by atoms with van der Waals surface area (Å²) in [5, 5.41) is 21.8. The number of nitrogens with zero attached hydrogens (tertiary/aromatic N) is 1. The number of fused-ring (bicyclic) bond motifs is 3. The van der Waals surface area contributed by atoms with E-state index in [4.69, 9.17) is 18.9 Å². The van der Waals surface area contributed by atoms with Crippen LogP contribution in [-0.2, 0) is 25.5 Å². The molecule has 5 rings (SSSR count). The van der Waals surface area contributed by atoms with Gasteiger partial charge in [-0.25, -0.2) is 4.79 Å². The second kappa shape index (κ2) is 11.3. The van der Waals surface area contributed by atoms with E-state index in [9.17, 15) is 19.8 Å². The van der Waals surface area contributed by atoms with E-state index in [0.717, 1.165) is 55.2 Å². The first-order chi connectivity index (χ1) is 19.6. The van der Waals surface area contributed by atoms with Crippen molar-refractivity contribution in [2.45, 2.75) is 113 Å². The summed E-state index contributed by atoms with van der Waals surface area (Å²) in [6.07, 6.45) is 4.32. The Bertz CT molecular complexity index is 1250. The summed E-state index contributed by atoms with van der Waals surface area (Å²) in [4.78, 5) is 29.6. The third-order valence-corrected chi connectivity index (χ3v) is 9.80. The maximum Gasteiger partial charge on any atom is 0.339 e. The number of thioether (sulfide) groups is 1. The molecular weight excluding hydrogens is 558 g/mol. The molecule has 42 heavy (non-hydrogen) atoms. The van der Waals surface area contributed by atoms with Crippen LogP contribution in [0.5, 0.6) is 11.5 Å². The van der Waals surface area contributed by atoms with Crippen molar-refractivity contribution >= 4 is 22.8 Å². The maximum absolute atomic E-state index is 14.1. The van der Waals surface area contributed by atoms with Gasteiger partial charge in [-0.3, -0.25) is 9.69 Å². The van der Waals surface area contributed by atoms with Crippen LogP contribution in [0.15, 0.2) is 24.0 Å². The molecule has 3 heterocycles. The molecule has 0 saturated carbocycles. The number of carbonyl (C=O) groups excluding carboxylic acids is 2. The van der Waals surface area contributed by atoms with Crippen molar-refractivity contribution in [1.82, 2.24) is 4.90 Å². The molecule has 1 saturated heterocycles. The maximum atomic E-state index is 14.1. The minimum Gasteiger partial charge on any atom is -0.497 e. The summed E-state index contributed by atoms with van der Waals surface area (Å²) in [5.41, 5.74) is -1.29. The SMILES string of the molecule is COC1=C[C@]23CCCN2CCc2cc4c(cc2[C@@H]3C1OC(=O)[C@](O)(CCCC(C)(C)O)CC(=O)SC(C)(C)C)OCO4. The quantitative estimate of drug-likeness (QED) is 0.392. The molecule has 1 spiro atoms. The van der Waals surface area contributed by atoms with Crippen molar-refractivity contribution in [3.63, 3.8) is 0 Å². The average Bonchev–Trinajstić information content (AvgIpc) is 3.55. The molecule has 0 aromatic heterocycles. The van der Waals surface area contributed by atoms with E-state index in [1.807, 2.05) is 32.9 Å². The highest BCUT2D eigenvalue weighted by Crippen LogP contribution is 2.55. The lowest BCUT2D eigenvalue weighted by Crippen LogP contribution is -2.49. The number of aliphatic hydroxyl groups is 2. The molecule has 0 bridgehead atoms. The highest BCUT2D eigenvalue weighted by atomic mass is 32.2. The first kappa shape index (κ1) is 31.2. The molecule has 0 amide bonds. The third kappa shape index (κ3) is 6.18. The molecule has 1 aromatic rings. The zero-order chi connectivity index (χ0) is 30.5. The number of rotatable bonds is 9. The van der Waals surface area contributed by atoms with Gasteiger partial charge >= 0.3 is 5.97 Å². The Labute approximate surface area is 252 Å². The first-order valence-electron chi connectivity index (χ1n) is 15.0. The van der Waals surface area contributed by atoms with Crippen LogP contribution in [-0.4, -0.2) is 80.8 Å². The molecule has 1 unspecified atom stereocenters. The van der Waals surface area contributed by atoms with Gasteiger partial charge in [-0.05, 0) is 88.3 Å². The minimum atomic E-state index is -2.05. The van der Waals surface area contributed by atoms with E-state index in [-0.39, 0.29) is 35.4 Å². The van der Waals surface area contributed by atoms with Crippen molar-refractivity contribution in [2.24, 2.45) is 0 Å². The predicted molar refractivity (Wildman–Crippen MR) is 160 cm³/mol. The van der Waals surface area contributed by atoms with Crippen molar-refractivity contribution in [3.8, 4) is 11.5 Å². The number of carbonyl (C=O) groups is 2. The molecule has 9 nitrogen and oxygen atoms in total. The number of ether oxygens (including phenoxy) is 4. The smallest absolute Gasteiger partial charge is 0.339 e. The molecule has 2 N–H and O–H groups in total. The molecule has 3 aliphatic heterocycles. The fraction of sp³-hybridized carbons (Fsp3) is 0.688. The summed E-state index contributed by atoms with van der Waals surface area (Å²) < 4.78 is 23.2. The van der Waals surface area contributed by atoms with Crippen LogP contribution in [0, 0.1) is 0 Å². The lowest BCUT2D eigenvalue weighted by atomic mass is 9.77. The van der Waals surface area contributed by atoms with Crippen molar-refractivity contribution in [1.29, 1.82) is 0 Å². The van der Waals surface area contributed by atoms with Gasteiger partial charge in [-0.15, -0.1) is 0 Å². The van der Waals surface area contributed by atoms with Gasteiger partial charge in [0.1, 0.15) is 5.76 Å². The largest absolute Gasteiger partial charge is 0.497 e. The second-order valence-electron chi connectivity index (χ2n) is 13.8. The molecule has 4 aliphatic rings. The van der Waals surface area contributed by atoms with Crippen LogP contribution in [0.3, 0.4) is 0 Å². The molecule has 232 valence electrons. The molecule has 10 heteroatoms. The summed E-state index contributed by atoms with van der Waals surface area (Å²) in [5.74, 6) is 0.792. The summed E-state index contributed by atoms with van der Waals surface area (Å²) >= 11 is 1.10. The Hall–Kier alpha value is -2.27. The van der Waals surface area contributed by atoms with Crippen LogP contribution in [0.1, 0.15) is 90.2 Å². The third-order valence-electron chi connectivity index (χ3n) is 8.81. The van der Waals surface area contributed by atoms with E-state index in [0.29, 0.717) is 30.1 Å². The first-order valence-corrected chi connectivity index (χ1v) is 15.8. The monoisotopic (exact) mass is 603 g/mol. The number of benzene rings is 1. The van der Waals surface area contributed by atoms with E-state index < -0.39 is 28.8 Å². The van der Waals surface area contributed by atoms with E-state index in [2.05, 4.69) is 11.0 Å². The van der Waals surface area contributed by atoms with Gasteiger partial charge in [0.05, 0.1) is 30.6 Å². The van der Waals surface area contributed by atoms with Crippen LogP contribution in [0.25, 0.3) is 0 Å². The van der Waals surface area contributed by atoms with E-state index in [1.54, 1.807) is 21.0 Å². The van der Waals surface area contributed by atoms with Crippen molar-refractivity contribution < 1.29 is 38.7 Å². The van der Waals surface area contributed by atoms with Crippen LogP contribution < -0.4 is 9.47 Å². The Kier molecular flexibility index (Phi) is 8.41. The van der Waals surface area contributed by atoms with E-state index >= 15 is 0 Å². The summed E-state index contributed by atoms with van der Waals surface area (Å²) in [6.45, 7) is 11.0. The van der Waals surface area contributed by atoms with Gasteiger partial charge in [0.2, 0.25) is 6.79 Å².